The fraction of sp³-hybridized carbons (Fsp3) is 0.708. The van der Waals surface area contributed by atoms with Crippen molar-refractivity contribution in [3.8, 4) is 0 Å². The summed E-state index contributed by atoms with van der Waals surface area (Å²) in [4.78, 5) is 2.47. The number of hydrogen-bond acceptors (Lipinski definition) is 4. The molecule has 28 heavy (non-hydrogen) atoms. The van der Waals surface area contributed by atoms with E-state index in [2.05, 4.69) is 50.8 Å². The fourth-order valence-corrected chi connectivity index (χ4v) is 3.33. The molecule has 1 saturated heterocycles. The molecule has 4 heteroatoms. The van der Waals surface area contributed by atoms with E-state index in [-0.39, 0.29) is 0 Å². The van der Waals surface area contributed by atoms with Gasteiger partial charge in [0.05, 0.1) is 13.2 Å². The smallest absolute Gasteiger partial charge is 0.160 e. The Bertz CT molecular complexity index is 527. The molecule has 0 aliphatic carbocycles. The summed E-state index contributed by atoms with van der Waals surface area (Å²) < 4.78 is 11.1. The molecule has 0 spiro atoms. The Labute approximate surface area is 178 Å². The van der Waals surface area contributed by atoms with Crippen LogP contribution in [0.3, 0.4) is 0 Å². The number of ether oxygens (including phenoxy) is 2. The number of unbranched alkanes of at least 4 members (excludes halogenated alkanes) is 1. The lowest BCUT2D eigenvalue weighted by atomic mass is 10.1. The summed E-state index contributed by atoms with van der Waals surface area (Å²) >= 11 is 5.36. The van der Waals surface area contributed by atoms with Crippen LogP contribution in [0.1, 0.15) is 72.6 Å². The maximum atomic E-state index is 5.71. The number of hydrogen-bond donors (Lipinski definition) is 0. The molecule has 0 aromatic carbocycles. The molecule has 1 heterocycles. The van der Waals surface area contributed by atoms with E-state index in [1.807, 2.05) is 0 Å². The Balaban J connectivity index is 2.06. The lowest BCUT2D eigenvalue weighted by Gasteiger charge is -2.26. The summed E-state index contributed by atoms with van der Waals surface area (Å²) in [5, 5.41) is 0.751. The van der Waals surface area contributed by atoms with Crippen LogP contribution in [0.4, 0.5) is 0 Å². The monoisotopic (exact) mass is 407 g/mol. The van der Waals surface area contributed by atoms with Gasteiger partial charge in [-0.05, 0) is 91.1 Å². The molecule has 0 bridgehead atoms. The molecule has 0 aromatic heterocycles. The molecular weight excluding hydrogens is 366 g/mol. The molecule has 3 nitrogen and oxygen atoms in total. The van der Waals surface area contributed by atoms with Gasteiger partial charge >= 0.3 is 0 Å². The molecule has 1 rings (SSSR count). The normalized spacial score (nSPS) is 16.1. The second-order valence-corrected chi connectivity index (χ2v) is 8.51. The minimum atomic E-state index is 0.609. The topological polar surface area (TPSA) is 21.7 Å². The summed E-state index contributed by atoms with van der Waals surface area (Å²) in [6.45, 7) is 14.4. The molecule has 0 saturated carbocycles. The van der Waals surface area contributed by atoms with Gasteiger partial charge in [0.25, 0.3) is 0 Å². The summed E-state index contributed by atoms with van der Waals surface area (Å²) in [5.41, 5.74) is 4.27. The highest BCUT2D eigenvalue weighted by Gasteiger charge is 2.09. The summed E-state index contributed by atoms with van der Waals surface area (Å²) in [6.07, 6.45) is 14.5. The fourth-order valence-electron chi connectivity index (χ4n) is 3.12. The van der Waals surface area contributed by atoms with Gasteiger partial charge in [-0.1, -0.05) is 28.9 Å². The third-order valence-electron chi connectivity index (χ3n) is 5.01. The maximum Gasteiger partial charge on any atom is 0.160 e. The summed E-state index contributed by atoms with van der Waals surface area (Å²) in [6, 6.07) is 0. The molecular formula is C24H41NO2S. The van der Waals surface area contributed by atoms with E-state index in [4.69, 9.17) is 21.7 Å². The van der Waals surface area contributed by atoms with Gasteiger partial charge in [-0.25, -0.2) is 0 Å². The Morgan fingerprint density at radius 1 is 0.893 bits per heavy atom. The number of allylic oxidation sites excluding steroid dienone is 5. The van der Waals surface area contributed by atoms with E-state index in [1.54, 1.807) is 0 Å². The second kappa shape index (κ2) is 15.9. The molecule has 0 atom stereocenters. The van der Waals surface area contributed by atoms with Crippen molar-refractivity contribution >= 4 is 17.3 Å². The van der Waals surface area contributed by atoms with Crippen molar-refractivity contribution in [2.45, 2.75) is 72.6 Å². The average Bonchev–Trinajstić information content (AvgIpc) is 2.66. The van der Waals surface area contributed by atoms with Crippen molar-refractivity contribution in [2.75, 3.05) is 39.5 Å². The van der Waals surface area contributed by atoms with Crippen LogP contribution in [0.2, 0.25) is 0 Å². The quantitative estimate of drug-likeness (QED) is 0.204. The Morgan fingerprint density at radius 3 is 2.21 bits per heavy atom. The van der Waals surface area contributed by atoms with Crippen molar-refractivity contribution in [3.05, 3.63) is 34.9 Å². The first kappa shape index (κ1) is 25.1. The molecule has 0 amide bonds. The van der Waals surface area contributed by atoms with Crippen LogP contribution in [0.15, 0.2) is 34.9 Å². The number of morpholine rings is 1. The minimum absolute atomic E-state index is 0.609. The van der Waals surface area contributed by atoms with Gasteiger partial charge < -0.3 is 9.47 Å². The van der Waals surface area contributed by atoms with Gasteiger partial charge in [0.15, 0.2) is 5.05 Å². The van der Waals surface area contributed by atoms with E-state index in [9.17, 15) is 0 Å². The first-order valence-electron chi connectivity index (χ1n) is 10.9. The highest BCUT2D eigenvalue weighted by molar-refractivity contribution is 7.80. The molecule has 0 radical (unpaired) electrons. The number of rotatable bonds is 13. The molecule has 0 aromatic rings. The standard InChI is InChI=1S/C24H41NO2S/c1-21(2)9-7-10-22(3)11-8-12-23(4)14-18-27-24(28)13-5-6-15-25-16-19-26-20-17-25/h9,11,14H,5-8,10,12-13,15-20H2,1-4H3/b22-11+,23-14+. The second-order valence-electron chi connectivity index (χ2n) is 8.05. The van der Waals surface area contributed by atoms with Crippen molar-refractivity contribution in [1.82, 2.24) is 4.90 Å². The largest absolute Gasteiger partial charge is 0.483 e. The Kier molecular flexibility index (Phi) is 14.2. The van der Waals surface area contributed by atoms with E-state index in [0.717, 1.165) is 76.4 Å². The molecule has 1 aliphatic rings. The zero-order valence-corrected chi connectivity index (χ0v) is 19.4. The van der Waals surface area contributed by atoms with E-state index < -0.39 is 0 Å². The van der Waals surface area contributed by atoms with Crippen molar-refractivity contribution < 1.29 is 9.47 Å². The van der Waals surface area contributed by atoms with Crippen molar-refractivity contribution in [2.24, 2.45) is 0 Å². The third kappa shape index (κ3) is 14.1. The first-order chi connectivity index (χ1) is 13.5. The summed E-state index contributed by atoms with van der Waals surface area (Å²) in [5.74, 6) is 0. The van der Waals surface area contributed by atoms with Crippen LogP contribution in [0.5, 0.6) is 0 Å². The lowest BCUT2D eigenvalue weighted by molar-refractivity contribution is 0.0372. The predicted molar refractivity (Wildman–Crippen MR) is 125 cm³/mol. The van der Waals surface area contributed by atoms with Crippen molar-refractivity contribution in [1.29, 1.82) is 0 Å². The van der Waals surface area contributed by atoms with Crippen LogP contribution in [0.25, 0.3) is 0 Å². The van der Waals surface area contributed by atoms with Gasteiger partial charge in [0.2, 0.25) is 0 Å². The Hall–Kier alpha value is -0.970. The van der Waals surface area contributed by atoms with Gasteiger partial charge in [-0.15, -0.1) is 0 Å². The third-order valence-corrected chi connectivity index (χ3v) is 5.33. The van der Waals surface area contributed by atoms with Crippen molar-refractivity contribution in [3.63, 3.8) is 0 Å². The highest BCUT2D eigenvalue weighted by Crippen LogP contribution is 2.11. The minimum Gasteiger partial charge on any atom is -0.483 e. The average molecular weight is 408 g/mol. The van der Waals surface area contributed by atoms with Gasteiger partial charge in [0, 0.05) is 19.5 Å². The SMILES string of the molecule is CC(C)=CCC/C(C)=C/CC/C(C)=C/COC(=S)CCCCN1CCOCC1. The van der Waals surface area contributed by atoms with Crippen LogP contribution in [-0.2, 0) is 9.47 Å². The molecule has 0 unspecified atom stereocenters. The Morgan fingerprint density at radius 2 is 1.54 bits per heavy atom. The van der Waals surface area contributed by atoms with Gasteiger partial charge in [-0.3, -0.25) is 4.90 Å². The molecule has 160 valence electrons. The molecule has 1 fully saturated rings. The molecule has 0 N–H and O–H groups in total. The van der Waals surface area contributed by atoms with E-state index in [0.29, 0.717) is 6.61 Å². The number of nitrogens with zero attached hydrogens (tertiary/aromatic N) is 1. The van der Waals surface area contributed by atoms with Crippen LogP contribution in [-0.4, -0.2) is 49.4 Å². The predicted octanol–water partition coefficient (Wildman–Crippen LogP) is 6.25. The maximum absolute atomic E-state index is 5.71. The highest BCUT2D eigenvalue weighted by atomic mass is 32.1. The van der Waals surface area contributed by atoms with E-state index >= 15 is 0 Å². The molecule has 1 aliphatic heterocycles. The van der Waals surface area contributed by atoms with Gasteiger partial charge in [-0.2, -0.15) is 0 Å². The zero-order valence-electron chi connectivity index (χ0n) is 18.6. The summed E-state index contributed by atoms with van der Waals surface area (Å²) in [7, 11) is 0. The van der Waals surface area contributed by atoms with Crippen LogP contribution in [0, 0.1) is 0 Å². The van der Waals surface area contributed by atoms with Gasteiger partial charge in [0.1, 0.15) is 6.61 Å². The van der Waals surface area contributed by atoms with Crippen LogP contribution < -0.4 is 0 Å². The first-order valence-corrected chi connectivity index (χ1v) is 11.3. The zero-order chi connectivity index (χ0) is 20.6. The lowest BCUT2D eigenvalue weighted by Crippen LogP contribution is -2.36. The van der Waals surface area contributed by atoms with Crippen LogP contribution >= 0.6 is 12.2 Å². The number of thiocarbonyl (C=S) groups is 1. The van der Waals surface area contributed by atoms with E-state index in [1.165, 1.54) is 23.1 Å².